The van der Waals surface area contributed by atoms with Crippen LogP contribution in [0.1, 0.15) is 13.3 Å². The third-order valence-corrected chi connectivity index (χ3v) is 3.95. The Hall–Kier alpha value is -3.02. The first-order valence-corrected chi connectivity index (χ1v) is 8.12. The smallest absolute Gasteiger partial charge is 0.307 e. The first-order chi connectivity index (χ1) is 12.1. The van der Waals surface area contributed by atoms with Crippen LogP contribution in [0.4, 0.5) is 5.69 Å². The molecule has 6 heteroatoms. The first kappa shape index (κ1) is 16.8. The van der Waals surface area contributed by atoms with Crippen LogP contribution < -0.4 is 14.8 Å². The van der Waals surface area contributed by atoms with Crippen LogP contribution in [0, 0.1) is 11.8 Å². The van der Waals surface area contributed by atoms with Crippen LogP contribution in [0.5, 0.6) is 17.2 Å². The number of carbonyl (C=O) groups excluding carboxylic acids is 1. The maximum atomic E-state index is 12.2. The zero-order valence-corrected chi connectivity index (χ0v) is 13.8. The minimum atomic E-state index is -0.931. The van der Waals surface area contributed by atoms with Crippen LogP contribution in [0.2, 0.25) is 0 Å². The monoisotopic (exact) mass is 341 g/mol. The van der Waals surface area contributed by atoms with Gasteiger partial charge in [0.2, 0.25) is 5.91 Å². The van der Waals surface area contributed by atoms with Gasteiger partial charge in [-0.25, -0.2) is 0 Å². The summed E-state index contributed by atoms with van der Waals surface area (Å²) in [6.07, 6.45) is 0.378. The van der Waals surface area contributed by atoms with Gasteiger partial charge in [-0.15, -0.1) is 0 Å². The summed E-state index contributed by atoms with van der Waals surface area (Å²) < 4.78 is 11.2. The Kier molecular flexibility index (Phi) is 4.88. The van der Waals surface area contributed by atoms with Crippen LogP contribution in [0.15, 0.2) is 48.5 Å². The van der Waals surface area contributed by atoms with E-state index in [1.165, 1.54) is 0 Å². The fourth-order valence-corrected chi connectivity index (χ4v) is 2.54. The van der Waals surface area contributed by atoms with Crippen molar-refractivity contribution in [2.75, 3.05) is 11.9 Å². The number of anilines is 1. The largest absolute Gasteiger partial charge is 0.494 e. The van der Waals surface area contributed by atoms with Gasteiger partial charge in [-0.05, 0) is 49.7 Å². The van der Waals surface area contributed by atoms with Crippen LogP contribution in [0.25, 0.3) is 0 Å². The summed E-state index contributed by atoms with van der Waals surface area (Å²) in [4.78, 5) is 23.1. The molecule has 2 aromatic carbocycles. The first-order valence-electron chi connectivity index (χ1n) is 8.12. The van der Waals surface area contributed by atoms with E-state index in [4.69, 9.17) is 14.6 Å². The van der Waals surface area contributed by atoms with Crippen molar-refractivity contribution in [1.29, 1.82) is 0 Å². The number of para-hydroxylation sites is 2. The summed E-state index contributed by atoms with van der Waals surface area (Å²) in [7, 11) is 0. The molecular formula is C19H19NO5. The second-order valence-electron chi connectivity index (χ2n) is 5.78. The molecule has 1 saturated carbocycles. The van der Waals surface area contributed by atoms with E-state index >= 15 is 0 Å². The summed E-state index contributed by atoms with van der Waals surface area (Å²) in [6, 6.07) is 14.2. The molecule has 6 nitrogen and oxygen atoms in total. The molecule has 2 N–H and O–H groups in total. The van der Waals surface area contributed by atoms with Gasteiger partial charge in [-0.1, -0.05) is 12.1 Å². The highest BCUT2D eigenvalue weighted by molar-refractivity contribution is 5.99. The number of benzene rings is 2. The molecular weight excluding hydrogens is 322 g/mol. The Balaban J connectivity index is 1.68. The molecule has 0 aliphatic heterocycles. The van der Waals surface area contributed by atoms with E-state index < -0.39 is 17.8 Å². The average molecular weight is 341 g/mol. The molecule has 3 rings (SSSR count). The van der Waals surface area contributed by atoms with Gasteiger partial charge in [0.1, 0.15) is 11.5 Å². The number of amides is 1. The van der Waals surface area contributed by atoms with Gasteiger partial charge in [-0.2, -0.15) is 0 Å². The number of carboxylic acid groups (broad SMARTS) is 1. The predicted octanol–water partition coefficient (Wildman–Crippen LogP) is 3.54. The summed E-state index contributed by atoms with van der Waals surface area (Å²) in [5.74, 6) is -0.429. The summed E-state index contributed by atoms with van der Waals surface area (Å²) >= 11 is 0. The van der Waals surface area contributed by atoms with E-state index in [0.717, 1.165) is 5.75 Å². The second-order valence-corrected chi connectivity index (χ2v) is 5.78. The number of aliphatic carboxylic acids is 1. The lowest BCUT2D eigenvalue weighted by atomic mass is 10.2. The topological polar surface area (TPSA) is 84.9 Å². The Bertz CT molecular complexity index is 772. The van der Waals surface area contributed by atoms with E-state index in [0.29, 0.717) is 30.2 Å². The van der Waals surface area contributed by atoms with E-state index in [1.54, 1.807) is 36.4 Å². The van der Waals surface area contributed by atoms with Crippen LogP contribution in [0.3, 0.4) is 0 Å². The van der Waals surface area contributed by atoms with Crippen molar-refractivity contribution in [3.63, 3.8) is 0 Å². The lowest BCUT2D eigenvalue weighted by molar-refractivity contribution is -0.139. The van der Waals surface area contributed by atoms with Gasteiger partial charge < -0.3 is 19.9 Å². The lowest BCUT2D eigenvalue weighted by Gasteiger charge is -2.12. The Morgan fingerprint density at radius 3 is 2.40 bits per heavy atom. The molecule has 0 bridgehead atoms. The molecule has 130 valence electrons. The van der Waals surface area contributed by atoms with Gasteiger partial charge >= 0.3 is 5.97 Å². The molecule has 1 amide bonds. The van der Waals surface area contributed by atoms with E-state index in [9.17, 15) is 9.59 Å². The molecule has 1 aliphatic carbocycles. The molecule has 0 radical (unpaired) electrons. The number of rotatable bonds is 7. The van der Waals surface area contributed by atoms with Gasteiger partial charge in [0.25, 0.3) is 0 Å². The number of hydrogen-bond donors (Lipinski definition) is 2. The number of nitrogens with one attached hydrogen (secondary N) is 1. The van der Waals surface area contributed by atoms with Crippen molar-refractivity contribution in [1.82, 2.24) is 0 Å². The third-order valence-electron chi connectivity index (χ3n) is 3.95. The van der Waals surface area contributed by atoms with Crippen molar-refractivity contribution in [3.05, 3.63) is 48.5 Å². The summed E-state index contributed by atoms with van der Waals surface area (Å²) in [5, 5.41) is 11.7. The molecule has 2 unspecified atom stereocenters. The molecule has 1 aliphatic rings. The molecule has 2 atom stereocenters. The molecule has 0 aromatic heterocycles. The zero-order valence-electron chi connectivity index (χ0n) is 13.8. The van der Waals surface area contributed by atoms with Crippen LogP contribution in [-0.4, -0.2) is 23.6 Å². The number of ether oxygens (including phenoxy) is 2. The maximum Gasteiger partial charge on any atom is 0.307 e. The van der Waals surface area contributed by atoms with Crippen LogP contribution in [-0.2, 0) is 9.59 Å². The standard InChI is InChI=1S/C19H19NO5/c1-2-24-12-7-9-13(10-8-12)25-17-6-4-3-5-16(17)20-18(21)14-11-15(14)19(22)23/h3-10,14-15H,2,11H2,1H3,(H,20,21)(H,22,23). The van der Waals surface area contributed by atoms with E-state index in [-0.39, 0.29) is 5.91 Å². The van der Waals surface area contributed by atoms with Crippen molar-refractivity contribution in [2.24, 2.45) is 11.8 Å². The SMILES string of the molecule is CCOc1ccc(Oc2ccccc2NC(=O)C2CC2C(=O)O)cc1. The van der Waals surface area contributed by atoms with Crippen molar-refractivity contribution in [2.45, 2.75) is 13.3 Å². The molecule has 25 heavy (non-hydrogen) atoms. The summed E-state index contributed by atoms with van der Waals surface area (Å²) in [6.45, 7) is 2.51. The highest BCUT2D eigenvalue weighted by atomic mass is 16.5. The molecule has 0 spiro atoms. The number of carboxylic acids is 1. The predicted molar refractivity (Wildman–Crippen MR) is 92.0 cm³/mol. The fraction of sp³-hybridized carbons (Fsp3) is 0.263. The highest BCUT2D eigenvalue weighted by Gasteiger charge is 2.48. The quantitative estimate of drug-likeness (QED) is 0.805. The average Bonchev–Trinajstić information content (AvgIpc) is 3.40. The minimum Gasteiger partial charge on any atom is -0.494 e. The molecule has 1 fully saturated rings. The van der Waals surface area contributed by atoms with E-state index in [2.05, 4.69) is 5.32 Å². The molecule has 0 saturated heterocycles. The van der Waals surface area contributed by atoms with Crippen molar-refractivity contribution < 1.29 is 24.2 Å². The van der Waals surface area contributed by atoms with Crippen LogP contribution >= 0.6 is 0 Å². The van der Waals surface area contributed by atoms with Crippen molar-refractivity contribution >= 4 is 17.6 Å². The fourth-order valence-electron chi connectivity index (χ4n) is 2.54. The Labute approximate surface area is 145 Å². The van der Waals surface area contributed by atoms with Gasteiger partial charge in [0, 0.05) is 0 Å². The Morgan fingerprint density at radius 2 is 1.76 bits per heavy atom. The van der Waals surface area contributed by atoms with Gasteiger partial charge in [0.15, 0.2) is 5.75 Å². The van der Waals surface area contributed by atoms with E-state index in [1.807, 2.05) is 19.1 Å². The zero-order chi connectivity index (χ0) is 17.8. The minimum absolute atomic E-state index is 0.296. The number of hydrogen-bond acceptors (Lipinski definition) is 4. The highest BCUT2D eigenvalue weighted by Crippen LogP contribution is 2.40. The molecule has 0 heterocycles. The molecule has 2 aromatic rings. The van der Waals surface area contributed by atoms with Gasteiger partial charge in [-0.3, -0.25) is 9.59 Å². The van der Waals surface area contributed by atoms with Crippen molar-refractivity contribution in [3.8, 4) is 17.2 Å². The lowest BCUT2D eigenvalue weighted by Crippen LogP contribution is -2.17. The van der Waals surface area contributed by atoms with Gasteiger partial charge in [0.05, 0.1) is 24.1 Å². The Morgan fingerprint density at radius 1 is 1.08 bits per heavy atom. The summed E-state index contributed by atoms with van der Waals surface area (Å²) in [5.41, 5.74) is 0.512. The third kappa shape index (κ3) is 4.09. The normalized spacial score (nSPS) is 18.3. The number of carbonyl (C=O) groups is 2. The maximum absolute atomic E-state index is 12.2. The second kappa shape index (κ2) is 7.25.